The number of rotatable bonds is 4. The van der Waals surface area contributed by atoms with Gasteiger partial charge in [0.1, 0.15) is 17.5 Å². The van der Waals surface area contributed by atoms with Crippen molar-refractivity contribution in [1.29, 1.82) is 0 Å². The first kappa shape index (κ1) is 17.4. The number of aromatic amines is 1. The van der Waals surface area contributed by atoms with Crippen molar-refractivity contribution in [3.63, 3.8) is 0 Å². The highest BCUT2D eigenvalue weighted by atomic mass is 35.5. The zero-order valence-electron chi connectivity index (χ0n) is 13.2. The van der Waals surface area contributed by atoms with E-state index in [9.17, 15) is 9.18 Å². The number of fused-ring (bicyclic) bond motifs is 1. The van der Waals surface area contributed by atoms with Crippen LogP contribution >= 0.6 is 23.4 Å². The van der Waals surface area contributed by atoms with E-state index in [1.165, 1.54) is 18.2 Å². The third-order valence-electron chi connectivity index (χ3n) is 3.98. The lowest BCUT2D eigenvalue weighted by atomic mass is 10.1. The maximum atomic E-state index is 14.2. The summed E-state index contributed by atoms with van der Waals surface area (Å²) in [7, 11) is 0. The Morgan fingerprint density at radius 3 is 3.00 bits per heavy atom. The second kappa shape index (κ2) is 7.67. The zero-order chi connectivity index (χ0) is 17.1. The monoisotopic (exact) mass is 372 g/mol. The number of hydrogen-bond acceptors (Lipinski definition) is 6. The van der Waals surface area contributed by atoms with Crippen molar-refractivity contribution in [1.82, 2.24) is 20.3 Å². The largest absolute Gasteiger partial charge is 0.475 e. The maximum absolute atomic E-state index is 14.2. The van der Waals surface area contributed by atoms with E-state index in [0.29, 0.717) is 11.8 Å². The summed E-state index contributed by atoms with van der Waals surface area (Å²) in [5, 5.41) is 3.34. The van der Waals surface area contributed by atoms with E-state index in [4.69, 9.17) is 16.3 Å². The van der Waals surface area contributed by atoms with Gasteiger partial charge in [0.25, 0.3) is 5.56 Å². The highest BCUT2D eigenvalue weighted by Gasteiger charge is 2.20. The van der Waals surface area contributed by atoms with Crippen LogP contribution in [0.2, 0.25) is 5.15 Å². The Morgan fingerprint density at radius 2 is 2.21 bits per heavy atom. The lowest BCUT2D eigenvalue weighted by Gasteiger charge is -2.17. The molecule has 1 saturated heterocycles. The standard InChI is InChI=1S/C15H18ClFN4O2S/c1-24-15-19-11-9(13(22)21-15)14(20-12(16)10(11)17)23-7-8-5-3-2-4-6-18-8/h8,18H,2-7H2,1H3,(H,19,21,22)/t8-/m0/s1. The molecule has 0 spiro atoms. The molecule has 0 saturated carbocycles. The highest BCUT2D eigenvalue weighted by molar-refractivity contribution is 7.98. The Bertz CT molecular complexity index is 793. The summed E-state index contributed by atoms with van der Waals surface area (Å²) in [4.78, 5) is 22.9. The average molecular weight is 373 g/mol. The number of nitrogens with zero attached hydrogens (tertiary/aromatic N) is 2. The molecule has 130 valence electrons. The minimum Gasteiger partial charge on any atom is -0.475 e. The van der Waals surface area contributed by atoms with E-state index in [-0.39, 0.29) is 28.0 Å². The van der Waals surface area contributed by atoms with Crippen LogP contribution in [0.4, 0.5) is 4.39 Å². The third-order valence-corrected chi connectivity index (χ3v) is 4.81. The summed E-state index contributed by atoms with van der Waals surface area (Å²) in [6.07, 6.45) is 6.17. The molecule has 3 heterocycles. The number of aromatic nitrogens is 3. The quantitative estimate of drug-likeness (QED) is 0.488. The molecule has 1 fully saturated rings. The van der Waals surface area contributed by atoms with E-state index in [2.05, 4.69) is 20.3 Å². The third kappa shape index (κ3) is 3.65. The number of H-pyrrole nitrogens is 1. The van der Waals surface area contributed by atoms with Crippen molar-refractivity contribution < 1.29 is 9.13 Å². The SMILES string of the molecule is CSc1nc2c(F)c(Cl)nc(OC[C@@H]3CCCCCN3)c2c(=O)[nH]1. The Balaban J connectivity index is 1.95. The molecule has 2 aromatic rings. The van der Waals surface area contributed by atoms with Gasteiger partial charge in [-0.25, -0.2) is 9.37 Å². The van der Waals surface area contributed by atoms with Gasteiger partial charge in [0, 0.05) is 6.04 Å². The molecular formula is C15H18ClFN4O2S. The van der Waals surface area contributed by atoms with E-state index < -0.39 is 11.4 Å². The van der Waals surface area contributed by atoms with E-state index in [1.54, 1.807) is 6.26 Å². The van der Waals surface area contributed by atoms with Crippen LogP contribution in [0.1, 0.15) is 25.7 Å². The predicted molar refractivity (Wildman–Crippen MR) is 92.7 cm³/mol. The average Bonchev–Trinajstić information content (AvgIpc) is 2.85. The highest BCUT2D eigenvalue weighted by Crippen LogP contribution is 2.27. The first-order valence-corrected chi connectivity index (χ1v) is 9.39. The van der Waals surface area contributed by atoms with Gasteiger partial charge in [0.2, 0.25) is 5.88 Å². The minimum absolute atomic E-state index is 0.0108. The molecule has 6 nitrogen and oxygen atoms in total. The topological polar surface area (TPSA) is 79.9 Å². The molecule has 9 heteroatoms. The van der Waals surface area contributed by atoms with Gasteiger partial charge < -0.3 is 15.0 Å². The minimum atomic E-state index is -0.812. The van der Waals surface area contributed by atoms with Crippen LogP contribution in [0.3, 0.4) is 0 Å². The van der Waals surface area contributed by atoms with Gasteiger partial charge >= 0.3 is 0 Å². The van der Waals surface area contributed by atoms with Gasteiger partial charge in [-0.15, -0.1) is 0 Å². The van der Waals surface area contributed by atoms with Crippen molar-refractivity contribution in [2.45, 2.75) is 36.9 Å². The van der Waals surface area contributed by atoms with Crippen molar-refractivity contribution in [3.05, 3.63) is 21.3 Å². The summed E-state index contributed by atoms with van der Waals surface area (Å²) >= 11 is 7.06. The van der Waals surface area contributed by atoms with Crippen LogP contribution < -0.4 is 15.6 Å². The van der Waals surface area contributed by atoms with Crippen molar-refractivity contribution in [2.24, 2.45) is 0 Å². The summed E-state index contributed by atoms with van der Waals surface area (Å²) in [5.41, 5.74) is -0.608. The van der Waals surface area contributed by atoms with E-state index in [0.717, 1.165) is 25.8 Å². The fourth-order valence-electron chi connectivity index (χ4n) is 2.73. The van der Waals surface area contributed by atoms with Crippen LogP contribution in [0.5, 0.6) is 5.88 Å². The second-order valence-electron chi connectivity index (χ2n) is 5.63. The summed E-state index contributed by atoms with van der Waals surface area (Å²) in [6.45, 7) is 1.28. The molecule has 0 aliphatic carbocycles. The molecule has 1 aliphatic rings. The number of ether oxygens (including phenoxy) is 1. The van der Waals surface area contributed by atoms with E-state index >= 15 is 0 Å². The zero-order valence-corrected chi connectivity index (χ0v) is 14.8. The molecule has 2 N–H and O–H groups in total. The van der Waals surface area contributed by atoms with Crippen LogP contribution in [0, 0.1) is 5.82 Å². The molecular weight excluding hydrogens is 355 g/mol. The van der Waals surface area contributed by atoms with Crippen LogP contribution in [-0.2, 0) is 0 Å². The Kier molecular flexibility index (Phi) is 5.57. The molecule has 0 bridgehead atoms. The molecule has 0 unspecified atom stereocenters. The molecule has 3 rings (SSSR count). The predicted octanol–water partition coefficient (Wildman–Crippen LogP) is 2.74. The maximum Gasteiger partial charge on any atom is 0.265 e. The van der Waals surface area contributed by atoms with Gasteiger partial charge in [-0.1, -0.05) is 36.2 Å². The molecule has 0 radical (unpaired) electrons. The van der Waals surface area contributed by atoms with Gasteiger partial charge in [-0.2, -0.15) is 4.98 Å². The smallest absolute Gasteiger partial charge is 0.265 e. The molecule has 0 aromatic carbocycles. The number of halogens is 2. The van der Waals surface area contributed by atoms with Gasteiger partial charge in [0.05, 0.1) is 0 Å². The number of hydrogen-bond donors (Lipinski definition) is 2. The number of pyridine rings is 1. The normalized spacial score (nSPS) is 18.5. The van der Waals surface area contributed by atoms with Crippen LogP contribution in [0.15, 0.2) is 9.95 Å². The fourth-order valence-corrected chi connectivity index (χ4v) is 3.27. The fraction of sp³-hybridized carbons (Fsp3) is 0.533. The van der Waals surface area contributed by atoms with Gasteiger partial charge in [-0.3, -0.25) is 4.79 Å². The molecule has 0 amide bonds. The molecule has 24 heavy (non-hydrogen) atoms. The second-order valence-corrected chi connectivity index (χ2v) is 6.78. The number of thioether (sulfide) groups is 1. The van der Waals surface area contributed by atoms with Crippen molar-refractivity contribution in [3.8, 4) is 5.88 Å². The van der Waals surface area contributed by atoms with Crippen LogP contribution in [0.25, 0.3) is 10.9 Å². The van der Waals surface area contributed by atoms with E-state index in [1.807, 2.05) is 0 Å². The Morgan fingerprint density at radius 1 is 1.38 bits per heavy atom. The molecule has 1 atom stereocenters. The van der Waals surface area contributed by atoms with Gasteiger partial charge in [-0.05, 0) is 25.6 Å². The first-order valence-electron chi connectivity index (χ1n) is 7.79. The lowest BCUT2D eigenvalue weighted by molar-refractivity contribution is 0.255. The Labute approximate surface area is 147 Å². The number of nitrogens with one attached hydrogen (secondary N) is 2. The molecule has 1 aliphatic heterocycles. The lowest BCUT2D eigenvalue weighted by Crippen LogP contribution is -2.34. The summed E-state index contributed by atoms with van der Waals surface area (Å²) < 4.78 is 19.9. The molecule has 2 aromatic heterocycles. The van der Waals surface area contributed by atoms with Crippen molar-refractivity contribution in [2.75, 3.05) is 19.4 Å². The van der Waals surface area contributed by atoms with Gasteiger partial charge in [0.15, 0.2) is 16.1 Å². The van der Waals surface area contributed by atoms with Crippen LogP contribution in [-0.4, -0.2) is 40.4 Å². The first-order chi connectivity index (χ1) is 11.6. The van der Waals surface area contributed by atoms with Crippen molar-refractivity contribution >= 4 is 34.3 Å². The summed E-state index contributed by atoms with van der Waals surface area (Å²) in [6, 6.07) is 0.172. The Hall–Kier alpha value is -1.38. The summed E-state index contributed by atoms with van der Waals surface area (Å²) in [5.74, 6) is -0.795.